The quantitative estimate of drug-likeness (QED) is 0.248. The van der Waals surface area contributed by atoms with Gasteiger partial charge in [-0.15, -0.1) is 0 Å². The van der Waals surface area contributed by atoms with Crippen molar-refractivity contribution < 1.29 is 27.5 Å². The summed E-state index contributed by atoms with van der Waals surface area (Å²) in [6.07, 6.45) is 0.543. The number of aryl methyl sites for hydroxylation is 1. The molecule has 2 nitrogen and oxygen atoms in total. The van der Waals surface area contributed by atoms with Gasteiger partial charge in [0.1, 0.15) is 5.82 Å². The molecule has 1 N–H and O–H groups in total. The van der Waals surface area contributed by atoms with E-state index in [0.717, 1.165) is 34.4 Å². The SMILES string of the molecule is O=C(O)CCc1ccc(-c2ccc(-c3ccc(-c4cc(F)c(F)c(F)c4)c(F)c3)cc2)cc1. The Hall–Kier alpha value is -3.93. The summed E-state index contributed by atoms with van der Waals surface area (Å²) in [4.78, 5) is 10.7. The Kier molecular flexibility index (Phi) is 6.27. The van der Waals surface area contributed by atoms with Gasteiger partial charge in [-0.3, -0.25) is 4.79 Å². The van der Waals surface area contributed by atoms with Crippen molar-refractivity contribution in [3.05, 3.63) is 108 Å². The number of aliphatic carboxylic acids is 1. The fourth-order valence-corrected chi connectivity index (χ4v) is 3.61. The molecule has 0 aliphatic carbocycles. The van der Waals surface area contributed by atoms with Crippen LogP contribution in [0.3, 0.4) is 0 Å². The van der Waals surface area contributed by atoms with E-state index in [-0.39, 0.29) is 17.5 Å². The van der Waals surface area contributed by atoms with E-state index in [1.165, 1.54) is 12.1 Å². The van der Waals surface area contributed by atoms with Crippen molar-refractivity contribution in [3.8, 4) is 33.4 Å². The van der Waals surface area contributed by atoms with Gasteiger partial charge in [-0.25, -0.2) is 17.6 Å². The molecule has 0 atom stereocenters. The van der Waals surface area contributed by atoms with Crippen molar-refractivity contribution in [2.24, 2.45) is 0 Å². The number of carboxylic acids is 1. The van der Waals surface area contributed by atoms with Crippen LogP contribution < -0.4 is 0 Å². The van der Waals surface area contributed by atoms with Crippen LogP contribution in [0.4, 0.5) is 17.6 Å². The molecule has 0 aliphatic heterocycles. The second-order valence-corrected chi connectivity index (χ2v) is 7.62. The Balaban J connectivity index is 1.54. The molecule has 0 bridgehead atoms. The van der Waals surface area contributed by atoms with Gasteiger partial charge in [0.05, 0.1) is 0 Å². The molecular formula is C27H18F4O2. The van der Waals surface area contributed by atoms with Crippen LogP contribution in [-0.2, 0) is 11.2 Å². The molecule has 0 heterocycles. The van der Waals surface area contributed by atoms with Crippen molar-refractivity contribution in [2.75, 3.05) is 0 Å². The molecule has 6 heteroatoms. The molecular weight excluding hydrogens is 432 g/mol. The standard InChI is InChI=1S/C27H18F4O2/c28-23-13-20(10-11-22(23)21-14-24(29)27(31)25(30)15-21)19-8-6-18(7-9-19)17-4-1-16(2-5-17)3-12-26(32)33/h1-2,4-11,13-15H,3,12H2,(H,32,33). The number of benzene rings is 4. The minimum Gasteiger partial charge on any atom is -0.481 e. The number of carbonyl (C=O) groups is 1. The predicted molar refractivity (Wildman–Crippen MR) is 119 cm³/mol. The van der Waals surface area contributed by atoms with Crippen LogP contribution in [0.5, 0.6) is 0 Å². The average Bonchev–Trinajstić information content (AvgIpc) is 2.81. The molecule has 0 aromatic heterocycles. The number of rotatable bonds is 6. The number of halogens is 4. The predicted octanol–water partition coefficient (Wildman–Crippen LogP) is 7.26. The monoisotopic (exact) mass is 450 g/mol. The Morgan fingerprint density at radius 1 is 0.606 bits per heavy atom. The summed E-state index contributed by atoms with van der Waals surface area (Å²) >= 11 is 0. The zero-order chi connectivity index (χ0) is 23.5. The molecule has 4 rings (SSSR count). The molecule has 0 unspecified atom stereocenters. The Morgan fingerprint density at radius 2 is 1.06 bits per heavy atom. The average molecular weight is 450 g/mol. The lowest BCUT2D eigenvalue weighted by molar-refractivity contribution is -0.136. The summed E-state index contributed by atoms with van der Waals surface area (Å²) < 4.78 is 54.9. The summed E-state index contributed by atoms with van der Waals surface area (Å²) in [6, 6.07) is 20.9. The first-order chi connectivity index (χ1) is 15.8. The second-order valence-electron chi connectivity index (χ2n) is 7.62. The molecule has 4 aromatic rings. The van der Waals surface area contributed by atoms with E-state index in [4.69, 9.17) is 5.11 Å². The molecule has 4 aromatic carbocycles. The van der Waals surface area contributed by atoms with Crippen LogP contribution in [0.1, 0.15) is 12.0 Å². The van der Waals surface area contributed by atoms with Crippen molar-refractivity contribution in [3.63, 3.8) is 0 Å². The highest BCUT2D eigenvalue weighted by Gasteiger charge is 2.14. The van der Waals surface area contributed by atoms with Gasteiger partial charge >= 0.3 is 5.97 Å². The largest absolute Gasteiger partial charge is 0.481 e. The van der Waals surface area contributed by atoms with Gasteiger partial charge < -0.3 is 5.11 Å². The summed E-state index contributed by atoms with van der Waals surface area (Å²) in [6.45, 7) is 0. The fourth-order valence-electron chi connectivity index (χ4n) is 3.61. The first kappa shape index (κ1) is 22.3. The van der Waals surface area contributed by atoms with Crippen LogP contribution in [0.25, 0.3) is 33.4 Å². The van der Waals surface area contributed by atoms with Gasteiger partial charge in [0, 0.05) is 12.0 Å². The van der Waals surface area contributed by atoms with Crippen LogP contribution >= 0.6 is 0 Å². The van der Waals surface area contributed by atoms with Gasteiger partial charge in [0.25, 0.3) is 0 Å². The van der Waals surface area contributed by atoms with Gasteiger partial charge in [-0.1, -0.05) is 60.7 Å². The van der Waals surface area contributed by atoms with Crippen molar-refractivity contribution in [2.45, 2.75) is 12.8 Å². The third-order valence-electron chi connectivity index (χ3n) is 5.40. The minimum absolute atomic E-state index is 0.0313. The Bertz CT molecular complexity index is 1290. The van der Waals surface area contributed by atoms with E-state index in [1.807, 2.05) is 48.5 Å². The summed E-state index contributed by atoms with van der Waals surface area (Å²) in [7, 11) is 0. The van der Waals surface area contributed by atoms with E-state index in [1.54, 1.807) is 6.07 Å². The fraction of sp³-hybridized carbons (Fsp3) is 0.0741. The van der Waals surface area contributed by atoms with Crippen molar-refractivity contribution >= 4 is 5.97 Å². The molecule has 0 amide bonds. The highest BCUT2D eigenvalue weighted by atomic mass is 19.2. The number of hydrogen-bond acceptors (Lipinski definition) is 1. The lowest BCUT2D eigenvalue weighted by Gasteiger charge is -2.09. The maximum atomic E-state index is 14.7. The molecule has 0 radical (unpaired) electrons. The highest BCUT2D eigenvalue weighted by molar-refractivity contribution is 5.74. The highest BCUT2D eigenvalue weighted by Crippen LogP contribution is 2.31. The second kappa shape index (κ2) is 9.28. The molecule has 0 aliphatic rings. The third kappa shape index (κ3) is 4.95. The minimum atomic E-state index is -1.59. The molecule has 166 valence electrons. The van der Waals surface area contributed by atoms with Gasteiger partial charge in [-0.05, 0) is 58.0 Å². The lowest BCUT2D eigenvalue weighted by atomic mass is 9.97. The van der Waals surface area contributed by atoms with E-state index in [0.29, 0.717) is 12.0 Å². The van der Waals surface area contributed by atoms with E-state index in [9.17, 15) is 22.4 Å². The maximum Gasteiger partial charge on any atom is 0.303 e. The van der Waals surface area contributed by atoms with E-state index >= 15 is 0 Å². The van der Waals surface area contributed by atoms with Crippen LogP contribution in [0, 0.1) is 23.3 Å². The first-order valence-electron chi connectivity index (χ1n) is 10.2. The van der Waals surface area contributed by atoms with Crippen LogP contribution in [0.15, 0.2) is 78.9 Å². The first-order valence-corrected chi connectivity index (χ1v) is 10.2. The number of carboxylic acid groups (broad SMARTS) is 1. The molecule has 0 saturated carbocycles. The Labute approximate surface area is 187 Å². The molecule has 0 saturated heterocycles. The number of hydrogen-bond donors (Lipinski definition) is 1. The summed E-state index contributed by atoms with van der Waals surface area (Å²) in [5.41, 5.74) is 4.05. The summed E-state index contributed by atoms with van der Waals surface area (Å²) in [5.74, 6) is -5.86. The van der Waals surface area contributed by atoms with Gasteiger partial charge in [0.2, 0.25) is 0 Å². The van der Waals surface area contributed by atoms with Gasteiger partial charge in [0.15, 0.2) is 17.5 Å². The van der Waals surface area contributed by atoms with Gasteiger partial charge in [-0.2, -0.15) is 0 Å². The molecule has 33 heavy (non-hydrogen) atoms. The zero-order valence-electron chi connectivity index (χ0n) is 17.3. The maximum absolute atomic E-state index is 14.7. The topological polar surface area (TPSA) is 37.3 Å². The van der Waals surface area contributed by atoms with Crippen LogP contribution in [-0.4, -0.2) is 11.1 Å². The van der Waals surface area contributed by atoms with Crippen molar-refractivity contribution in [1.82, 2.24) is 0 Å². The Morgan fingerprint density at radius 3 is 1.58 bits per heavy atom. The summed E-state index contributed by atoms with van der Waals surface area (Å²) in [5, 5.41) is 8.78. The van der Waals surface area contributed by atoms with E-state index in [2.05, 4.69) is 0 Å². The van der Waals surface area contributed by atoms with Crippen LogP contribution in [0.2, 0.25) is 0 Å². The normalized spacial score (nSPS) is 10.9. The zero-order valence-corrected chi connectivity index (χ0v) is 17.3. The lowest BCUT2D eigenvalue weighted by Crippen LogP contribution is -1.97. The molecule has 0 fully saturated rings. The van der Waals surface area contributed by atoms with Crippen molar-refractivity contribution in [1.29, 1.82) is 0 Å². The smallest absolute Gasteiger partial charge is 0.303 e. The third-order valence-corrected chi connectivity index (χ3v) is 5.40. The molecule has 0 spiro atoms. The van der Waals surface area contributed by atoms with E-state index < -0.39 is 29.2 Å².